The summed E-state index contributed by atoms with van der Waals surface area (Å²) in [6.45, 7) is 7.05. The van der Waals surface area contributed by atoms with Crippen LogP contribution in [0.2, 0.25) is 0 Å². The van der Waals surface area contributed by atoms with Gasteiger partial charge in [0.2, 0.25) is 5.69 Å². The third-order valence-electron chi connectivity index (χ3n) is 2.27. The first-order valence-corrected chi connectivity index (χ1v) is 4.60. The fourth-order valence-corrected chi connectivity index (χ4v) is 1.57. The van der Waals surface area contributed by atoms with Gasteiger partial charge in [-0.3, -0.25) is 0 Å². The predicted molar refractivity (Wildman–Crippen MR) is 59.4 cm³/mol. The molecule has 1 aromatic heterocycles. The largest absolute Gasteiger partial charge is 0.619 e. The van der Waals surface area contributed by atoms with Crippen LogP contribution in [-0.4, -0.2) is 21.4 Å². The fourth-order valence-electron chi connectivity index (χ4n) is 1.57. The van der Waals surface area contributed by atoms with Crippen molar-refractivity contribution in [2.45, 2.75) is 13.8 Å². The van der Waals surface area contributed by atoms with Crippen molar-refractivity contribution in [3.8, 4) is 0 Å². The quantitative estimate of drug-likeness (QED) is 0.307. The molecule has 15 heavy (non-hydrogen) atoms. The van der Waals surface area contributed by atoms with Gasteiger partial charge < -0.3 is 5.21 Å². The number of hydrogen-bond acceptors (Lipinski definition) is 3. The molecule has 0 aliphatic rings. The van der Waals surface area contributed by atoms with Gasteiger partial charge in [0.15, 0.2) is 0 Å². The molecule has 4 heteroatoms. The maximum Gasteiger partial charge on any atom is 0.216 e. The Morgan fingerprint density at radius 3 is 2.67 bits per heavy atom. The van der Waals surface area contributed by atoms with Gasteiger partial charge in [-0.25, -0.2) is 9.97 Å². The Morgan fingerprint density at radius 1 is 1.27 bits per heavy atom. The molecule has 2 rings (SSSR count). The highest BCUT2D eigenvalue weighted by atomic mass is 16.5. The summed E-state index contributed by atoms with van der Waals surface area (Å²) in [6, 6.07) is 5.26. The summed E-state index contributed by atoms with van der Waals surface area (Å²) >= 11 is 0. The van der Waals surface area contributed by atoms with E-state index in [0.717, 1.165) is 22.4 Å². The second kappa shape index (κ2) is 3.31. The zero-order valence-corrected chi connectivity index (χ0v) is 8.69. The molecule has 0 spiro atoms. The molecule has 0 saturated heterocycles. The monoisotopic (exact) mass is 201 g/mol. The van der Waals surface area contributed by atoms with Crippen LogP contribution >= 0.6 is 0 Å². The molecule has 0 aliphatic heterocycles. The summed E-state index contributed by atoms with van der Waals surface area (Å²) in [4.78, 5) is 8.53. The Morgan fingerprint density at radius 2 is 2.00 bits per heavy atom. The van der Waals surface area contributed by atoms with Crippen LogP contribution in [0.4, 0.5) is 5.69 Å². The molecule has 0 N–H and O–H groups in total. The van der Waals surface area contributed by atoms with Gasteiger partial charge >= 0.3 is 0 Å². The maximum atomic E-state index is 11.0. The summed E-state index contributed by atoms with van der Waals surface area (Å²) in [5.41, 5.74) is 2.24. The van der Waals surface area contributed by atoms with Crippen LogP contribution < -0.4 is 0 Å². The van der Waals surface area contributed by atoms with Crippen LogP contribution in [0, 0.1) is 19.1 Å². The standard InChI is InChI=1S/C11H11N3O/c1-7-10-6-9(14(3)15)4-5-11(10)13-8(2)12-7/h4-6H,3H2,1-2H3. The lowest BCUT2D eigenvalue weighted by Gasteiger charge is -2.04. The number of aryl methyl sites for hydroxylation is 2. The minimum Gasteiger partial charge on any atom is -0.619 e. The van der Waals surface area contributed by atoms with E-state index in [0.29, 0.717) is 10.4 Å². The first-order valence-electron chi connectivity index (χ1n) is 4.60. The van der Waals surface area contributed by atoms with Gasteiger partial charge in [-0.2, -0.15) is 4.74 Å². The highest BCUT2D eigenvalue weighted by Crippen LogP contribution is 2.21. The summed E-state index contributed by atoms with van der Waals surface area (Å²) < 4.78 is 0.582. The molecule has 0 fully saturated rings. The Hall–Kier alpha value is -1.97. The normalized spacial score (nSPS) is 10.5. The molecule has 1 heterocycles. The van der Waals surface area contributed by atoms with Crippen LogP contribution in [0.25, 0.3) is 10.9 Å². The van der Waals surface area contributed by atoms with Crippen molar-refractivity contribution in [3.05, 3.63) is 34.9 Å². The Bertz CT molecular complexity index is 549. The van der Waals surface area contributed by atoms with E-state index in [1.165, 1.54) is 0 Å². The van der Waals surface area contributed by atoms with E-state index < -0.39 is 0 Å². The molecule has 0 saturated carbocycles. The highest BCUT2D eigenvalue weighted by Gasteiger charge is 2.06. The fraction of sp³-hybridized carbons (Fsp3) is 0.182. The van der Waals surface area contributed by atoms with Crippen molar-refractivity contribution in [3.63, 3.8) is 0 Å². The van der Waals surface area contributed by atoms with Crippen molar-refractivity contribution in [2.75, 3.05) is 0 Å². The molecule has 0 amide bonds. The summed E-state index contributed by atoms with van der Waals surface area (Å²) in [6.07, 6.45) is 0. The summed E-state index contributed by atoms with van der Waals surface area (Å²) in [5.74, 6) is 0.737. The summed E-state index contributed by atoms with van der Waals surface area (Å²) in [7, 11) is 0. The molecule has 4 nitrogen and oxygen atoms in total. The first-order chi connectivity index (χ1) is 7.08. The second-order valence-corrected chi connectivity index (χ2v) is 3.44. The molecule has 76 valence electrons. The zero-order valence-electron chi connectivity index (χ0n) is 8.69. The SMILES string of the molecule is C=[N+]([O-])c1ccc2nc(C)nc(C)c2c1. The first kappa shape index (κ1) is 9.58. The minimum absolute atomic E-state index is 0.512. The molecule has 0 atom stereocenters. The molecule has 0 unspecified atom stereocenters. The predicted octanol–water partition coefficient (Wildman–Crippen LogP) is 2.09. The summed E-state index contributed by atoms with van der Waals surface area (Å²) in [5, 5.41) is 11.9. The van der Waals surface area contributed by atoms with Crippen molar-refractivity contribution in [1.29, 1.82) is 0 Å². The van der Waals surface area contributed by atoms with Crippen LogP contribution in [0.15, 0.2) is 18.2 Å². The number of fused-ring (bicyclic) bond motifs is 1. The van der Waals surface area contributed by atoms with E-state index in [9.17, 15) is 5.21 Å². The lowest BCUT2D eigenvalue weighted by atomic mass is 10.2. The highest BCUT2D eigenvalue weighted by molar-refractivity contribution is 5.83. The number of nitrogens with zero attached hydrogens (tertiary/aromatic N) is 3. The van der Waals surface area contributed by atoms with Crippen LogP contribution in [0.3, 0.4) is 0 Å². The molecule has 0 bridgehead atoms. The van der Waals surface area contributed by atoms with Crippen LogP contribution in [-0.2, 0) is 0 Å². The van der Waals surface area contributed by atoms with E-state index in [-0.39, 0.29) is 0 Å². The average Bonchev–Trinajstić information content (AvgIpc) is 2.16. The Labute approximate surface area is 87.5 Å². The molecule has 2 aromatic rings. The van der Waals surface area contributed by atoms with E-state index in [2.05, 4.69) is 16.7 Å². The van der Waals surface area contributed by atoms with Crippen molar-refractivity contribution < 1.29 is 4.74 Å². The van der Waals surface area contributed by atoms with Gasteiger partial charge in [0.05, 0.1) is 5.52 Å². The van der Waals surface area contributed by atoms with Crippen LogP contribution in [0.1, 0.15) is 11.5 Å². The van der Waals surface area contributed by atoms with Crippen molar-refractivity contribution in [2.24, 2.45) is 0 Å². The zero-order chi connectivity index (χ0) is 11.0. The average molecular weight is 201 g/mol. The molecule has 0 radical (unpaired) electrons. The molecular weight excluding hydrogens is 190 g/mol. The lowest BCUT2D eigenvalue weighted by Crippen LogP contribution is -1.95. The van der Waals surface area contributed by atoms with E-state index in [1.54, 1.807) is 12.1 Å². The lowest BCUT2D eigenvalue weighted by molar-refractivity contribution is -0.349. The number of hydrogen-bond donors (Lipinski definition) is 0. The molecule has 1 aromatic carbocycles. The van der Waals surface area contributed by atoms with Crippen LogP contribution in [0.5, 0.6) is 0 Å². The number of benzene rings is 1. The van der Waals surface area contributed by atoms with Gasteiger partial charge in [-0.15, -0.1) is 0 Å². The van der Waals surface area contributed by atoms with Gasteiger partial charge in [0.25, 0.3) is 0 Å². The molecular formula is C11H11N3O. The Balaban J connectivity index is 2.76. The third-order valence-corrected chi connectivity index (χ3v) is 2.27. The third kappa shape index (κ3) is 1.66. The van der Waals surface area contributed by atoms with E-state index in [4.69, 9.17) is 0 Å². The number of aromatic nitrogens is 2. The topological polar surface area (TPSA) is 51.9 Å². The number of rotatable bonds is 1. The van der Waals surface area contributed by atoms with Gasteiger partial charge in [0.1, 0.15) is 12.5 Å². The molecule has 0 aliphatic carbocycles. The van der Waals surface area contributed by atoms with Gasteiger partial charge in [-0.05, 0) is 19.9 Å². The second-order valence-electron chi connectivity index (χ2n) is 3.44. The van der Waals surface area contributed by atoms with Gasteiger partial charge in [-0.1, -0.05) is 0 Å². The van der Waals surface area contributed by atoms with E-state index >= 15 is 0 Å². The van der Waals surface area contributed by atoms with E-state index in [1.807, 2.05) is 19.9 Å². The maximum absolute atomic E-state index is 11.0. The van der Waals surface area contributed by atoms with Crippen molar-refractivity contribution in [1.82, 2.24) is 9.97 Å². The van der Waals surface area contributed by atoms with Crippen molar-refractivity contribution >= 4 is 23.3 Å². The van der Waals surface area contributed by atoms with Gasteiger partial charge in [0, 0.05) is 23.2 Å². The minimum atomic E-state index is 0.512. The smallest absolute Gasteiger partial charge is 0.216 e. The Kier molecular flexibility index (Phi) is 2.11.